The van der Waals surface area contributed by atoms with Crippen LogP contribution in [0.1, 0.15) is 5.56 Å². The van der Waals surface area contributed by atoms with E-state index < -0.39 is 0 Å². The summed E-state index contributed by atoms with van der Waals surface area (Å²) < 4.78 is 5.35. The molecule has 2 N–H and O–H groups in total. The molecule has 1 aliphatic heterocycles. The van der Waals surface area contributed by atoms with Crippen LogP contribution in [0.15, 0.2) is 42.6 Å². The molecule has 1 aliphatic rings. The number of amides is 1. The van der Waals surface area contributed by atoms with E-state index in [0.717, 1.165) is 5.56 Å². The third-order valence-corrected chi connectivity index (χ3v) is 2.95. The number of carbonyl (C=O) groups excluding carboxylic acids is 1. The lowest BCUT2D eigenvalue weighted by Gasteiger charge is -2.28. The average Bonchev–Trinajstić information content (AvgIpc) is 2.43. The molecule has 5 heteroatoms. The molecule has 2 heterocycles. The van der Waals surface area contributed by atoms with Gasteiger partial charge in [-0.3, -0.25) is 9.69 Å². The summed E-state index contributed by atoms with van der Waals surface area (Å²) in [6.07, 6.45) is 1.53. The molecule has 3 rings (SSSR count). The molecule has 1 amide bonds. The molecule has 0 bridgehead atoms. The van der Waals surface area contributed by atoms with Crippen LogP contribution in [0.5, 0.6) is 5.75 Å². The van der Waals surface area contributed by atoms with E-state index >= 15 is 0 Å². The first kappa shape index (κ1) is 11.5. The molecule has 1 aromatic carbocycles. The van der Waals surface area contributed by atoms with E-state index in [9.17, 15) is 4.79 Å². The standard InChI is InChI=1S/C14H13N3O2/c15-11-6-12-14(16-7-11)17(13(18)9-19-12)8-10-4-2-1-3-5-10/h1-7H,8-9,15H2. The minimum atomic E-state index is -0.103. The van der Waals surface area contributed by atoms with Gasteiger partial charge in [0.1, 0.15) is 0 Å². The molecule has 0 radical (unpaired) electrons. The van der Waals surface area contributed by atoms with Gasteiger partial charge in [0.25, 0.3) is 5.91 Å². The summed E-state index contributed by atoms with van der Waals surface area (Å²) in [6.45, 7) is 0.498. The number of nitrogens with zero attached hydrogens (tertiary/aromatic N) is 2. The number of hydrogen-bond acceptors (Lipinski definition) is 4. The van der Waals surface area contributed by atoms with Crippen molar-refractivity contribution in [2.75, 3.05) is 17.2 Å². The normalized spacial score (nSPS) is 13.9. The van der Waals surface area contributed by atoms with E-state index in [1.54, 1.807) is 11.0 Å². The zero-order valence-corrected chi connectivity index (χ0v) is 10.2. The lowest BCUT2D eigenvalue weighted by atomic mass is 10.2. The van der Waals surface area contributed by atoms with Crippen LogP contribution in [0.4, 0.5) is 11.5 Å². The SMILES string of the molecule is Nc1cnc2c(c1)OCC(=O)N2Cc1ccccc1. The van der Waals surface area contributed by atoms with Crippen molar-refractivity contribution in [3.05, 3.63) is 48.2 Å². The van der Waals surface area contributed by atoms with Crippen LogP contribution in [0, 0.1) is 0 Å². The molecule has 96 valence electrons. The molecule has 1 aromatic heterocycles. The maximum atomic E-state index is 12.0. The Morgan fingerprint density at radius 2 is 2.11 bits per heavy atom. The van der Waals surface area contributed by atoms with Crippen molar-refractivity contribution < 1.29 is 9.53 Å². The highest BCUT2D eigenvalue weighted by Gasteiger charge is 2.26. The Hall–Kier alpha value is -2.56. The smallest absolute Gasteiger partial charge is 0.266 e. The molecule has 0 aliphatic carbocycles. The Bertz CT molecular complexity index is 613. The molecule has 5 nitrogen and oxygen atoms in total. The van der Waals surface area contributed by atoms with Crippen LogP contribution in [-0.2, 0) is 11.3 Å². The Balaban J connectivity index is 1.95. The second kappa shape index (κ2) is 4.61. The van der Waals surface area contributed by atoms with Gasteiger partial charge in [-0.25, -0.2) is 4.98 Å². The second-order valence-electron chi connectivity index (χ2n) is 4.34. The minimum absolute atomic E-state index is 0.0188. The molecule has 0 unspecified atom stereocenters. The number of rotatable bonds is 2. The van der Waals surface area contributed by atoms with Gasteiger partial charge in [0, 0.05) is 6.07 Å². The van der Waals surface area contributed by atoms with Gasteiger partial charge in [0.15, 0.2) is 18.2 Å². The van der Waals surface area contributed by atoms with Crippen LogP contribution < -0.4 is 15.4 Å². The van der Waals surface area contributed by atoms with Crippen molar-refractivity contribution in [2.45, 2.75) is 6.54 Å². The van der Waals surface area contributed by atoms with Crippen LogP contribution >= 0.6 is 0 Å². The zero-order chi connectivity index (χ0) is 13.2. The number of hydrogen-bond donors (Lipinski definition) is 1. The van der Waals surface area contributed by atoms with Crippen molar-refractivity contribution in [3.8, 4) is 5.75 Å². The molecule has 0 atom stereocenters. The number of ether oxygens (including phenoxy) is 1. The van der Waals surface area contributed by atoms with E-state index in [1.165, 1.54) is 6.20 Å². The highest BCUT2D eigenvalue weighted by molar-refractivity contribution is 5.96. The Morgan fingerprint density at radius 1 is 1.32 bits per heavy atom. The van der Waals surface area contributed by atoms with Gasteiger partial charge in [-0.05, 0) is 5.56 Å². The summed E-state index contributed by atoms with van der Waals surface area (Å²) >= 11 is 0. The predicted molar refractivity (Wildman–Crippen MR) is 71.8 cm³/mol. The molecular formula is C14H13N3O2. The van der Waals surface area contributed by atoms with Crippen LogP contribution in [0.3, 0.4) is 0 Å². The highest BCUT2D eigenvalue weighted by atomic mass is 16.5. The average molecular weight is 255 g/mol. The Morgan fingerprint density at radius 3 is 2.89 bits per heavy atom. The first-order valence-electron chi connectivity index (χ1n) is 5.96. The number of nitrogens with two attached hydrogens (primary N) is 1. The first-order chi connectivity index (χ1) is 9.24. The monoisotopic (exact) mass is 255 g/mol. The summed E-state index contributed by atoms with van der Waals surface area (Å²) in [6, 6.07) is 11.5. The number of pyridine rings is 1. The number of benzene rings is 1. The topological polar surface area (TPSA) is 68.5 Å². The number of nitrogen functional groups attached to an aromatic ring is 1. The number of aromatic nitrogens is 1. The van der Waals surface area contributed by atoms with Crippen molar-refractivity contribution >= 4 is 17.4 Å². The Kier molecular flexibility index (Phi) is 2.79. The van der Waals surface area contributed by atoms with Crippen molar-refractivity contribution in [1.29, 1.82) is 0 Å². The van der Waals surface area contributed by atoms with E-state index in [0.29, 0.717) is 23.8 Å². The van der Waals surface area contributed by atoms with Gasteiger partial charge in [-0.1, -0.05) is 30.3 Å². The first-order valence-corrected chi connectivity index (χ1v) is 5.96. The minimum Gasteiger partial charge on any atom is -0.480 e. The molecule has 19 heavy (non-hydrogen) atoms. The number of fused-ring (bicyclic) bond motifs is 1. The summed E-state index contributed by atoms with van der Waals surface area (Å²) in [4.78, 5) is 17.8. The molecule has 2 aromatic rings. The van der Waals surface area contributed by atoms with E-state index in [4.69, 9.17) is 10.5 Å². The maximum Gasteiger partial charge on any atom is 0.266 e. The zero-order valence-electron chi connectivity index (χ0n) is 10.2. The third-order valence-electron chi connectivity index (χ3n) is 2.95. The molecule has 0 fully saturated rings. The van der Waals surface area contributed by atoms with Gasteiger partial charge in [-0.15, -0.1) is 0 Å². The lowest BCUT2D eigenvalue weighted by Crippen LogP contribution is -2.38. The largest absolute Gasteiger partial charge is 0.480 e. The predicted octanol–water partition coefficient (Wildman–Crippen LogP) is 1.59. The van der Waals surface area contributed by atoms with Gasteiger partial charge in [0.05, 0.1) is 18.4 Å². The van der Waals surface area contributed by atoms with E-state index in [2.05, 4.69) is 4.98 Å². The molecule has 0 saturated heterocycles. The van der Waals surface area contributed by atoms with Crippen molar-refractivity contribution in [1.82, 2.24) is 4.98 Å². The van der Waals surface area contributed by atoms with E-state index in [1.807, 2.05) is 30.3 Å². The summed E-state index contributed by atoms with van der Waals surface area (Å²) in [7, 11) is 0. The van der Waals surface area contributed by atoms with Gasteiger partial charge < -0.3 is 10.5 Å². The molecular weight excluding hydrogens is 242 g/mol. The highest BCUT2D eigenvalue weighted by Crippen LogP contribution is 2.32. The number of anilines is 2. The summed E-state index contributed by atoms with van der Waals surface area (Å²) in [5, 5.41) is 0. The van der Waals surface area contributed by atoms with Crippen LogP contribution in [0.25, 0.3) is 0 Å². The van der Waals surface area contributed by atoms with Crippen molar-refractivity contribution in [2.24, 2.45) is 0 Å². The van der Waals surface area contributed by atoms with Crippen LogP contribution in [0.2, 0.25) is 0 Å². The van der Waals surface area contributed by atoms with Gasteiger partial charge in [-0.2, -0.15) is 0 Å². The number of carbonyl (C=O) groups is 1. The quantitative estimate of drug-likeness (QED) is 0.884. The van der Waals surface area contributed by atoms with Gasteiger partial charge >= 0.3 is 0 Å². The van der Waals surface area contributed by atoms with Gasteiger partial charge in [0.2, 0.25) is 0 Å². The fourth-order valence-corrected chi connectivity index (χ4v) is 2.03. The van der Waals surface area contributed by atoms with Crippen molar-refractivity contribution in [3.63, 3.8) is 0 Å². The lowest BCUT2D eigenvalue weighted by molar-refractivity contribution is -0.121. The fraction of sp³-hybridized carbons (Fsp3) is 0.143. The third kappa shape index (κ3) is 2.22. The molecule has 0 spiro atoms. The maximum absolute atomic E-state index is 12.0. The summed E-state index contributed by atoms with van der Waals surface area (Å²) in [5.41, 5.74) is 7.23. The fourth-order valence-electron chi connectivity index (χ4n) is 2.03. The van der Waals surface area contributed by atoms with E-state index in [-0.39, 0.29) is 12.5 Å². The summed E-state index contributed by atoms with van der Waals surface area (Å²) in [5.74, 6) is 0.971. The Labute approximate surface area is 110 Å². The molecule has 0 saturated carbocycles. The van der Waals surface area contributed by atoms with Crippen LogP contribution in [-0.4, -0.2) is 17.5 Å². The second-order valence-corrected chi connectivity index (χ2v) is 4.34.